The number of likely N-dealkylation sites (tertiary alicyclic amines) is 1. The second kappa shape index (κ2) is 7.81. The van der Waals surface area contributed by atoms with Gasteiger partial charge >= 0.3 is 6.09 Å². The van der Waals surface area contributed by atoms with E-state index in [9.17, 15) is 4.79 Å². The zero-order chi connectivity index (χ0) is 21.3. The maximum absolute atomic E-state index is 12.4. The number of fused-ring (bicyclic) bond motifs is 1. The molecular weight excluding hydrogens is 382 g/mol. The molecule has 0 saturated carbocycles. The van der Waals surface area contributed by atoms with Gasteiger partial charge in [0, 0.05) is 25.2 Å². The number of anilines is 2. The van der Waals surface area contributed by atoms with Crippen LogP contribution in [0.15, 0.2) is 36.7 Å². The fourth-order valence-electron chi connectivity index (χ4n) is 3.63. The summed E-state index contributed by atoms with van der Waals surface area (Å²) < 4.78 is 7.31. The second-order valence-electron chi connectivity index (χ2n) is 8.47. The highest BCUT2D eigenvalue weighted by Gasteiger charge is 2.27. The first-order valence-corrected chi connectivity index (χ1v) is 10.1. The summed E-state index contributed by atoms with van der Waals surface area (Å²) in [5.41, 5.74) is 7.32. The molecule has 3 N–H and O–H groups in total. The van der Waals surface area contributed by atoms with Crippen molar-refractivity contribution in [2.45, 2.75) is 45.3 Å². The van der Waals surface area contributed by atoms with Gasteiger partial charge in [0.05, 0.1) is 11.0 Å². The van der Waals surface area contributed by atoms with E-state index in [-0.39, 0.29) is 12.1 Å². The van der Waals surface area contributed by atoms with Gasteiger partial charge in [0.15, 0.2) is 0 Å². The van der Waals surface area contributed by atoms with Crippen LogP contribution in [0.25, 0.3) is 16.9 Å². The molecule has 0 aliphatic carbocycles. The molecule has 4 rings (SSSR count). The molecule has 3 heterocycles. The number of para-hydroxylation sites is 2. The van der Waals surface area contributed by atoms with E-state index in [0.717, 1.165) is 23.9 Å². The normalized spacial score (nSPS) is 17.2. The van der Waals surface area contributed by atoms with Crippen molar-refractivity contribution in [2.24, 2.45) is 0 Å². The van der Waals surface area contributed by atoms with E-state index < -0.39 is 5.60 Å². The van der Waals surface area contributed by atoms with E-state index in [4.69, 9.17) is 10.5 Å². The highest BCUT2D eigenvalue weighted by molar-refractivity contribution is 5.80. The van der Waals surface area contributed by atoms with Crippen LogP contribution in [0.3, 0.4) is 0 Å². The first-order valence-electron chi connectivity index (χ1n) is 10.1. The number of carbonyl (C=O) groups excluding carboxylic acids is 1. The maximum Gasteiger partial charge on any atom is 0.410 e. The molecule has 0 spiro atoms. The Labute approximate surface area is 175 Å². The number of carbonyl (C=O) groups is 1. The molecule has 1 fully saturated rings. The van der Waals surface area contributed by atoms with Crippen molar-refractivity contribution in [1.82, 2.24) is 24.4 Å². The van der Waals surface area contributed by atoms with Crippen molar-refractivity contribution in [3.05, 3.63) is 36.7 Å². The van der Waals surface area contributed by atoms with Gasteiger partial charge < -0.3 is 20.7 Å². The average Bonchev–Trinajstić information content (AvgIpc) is 3.03. The van der Waals surface area contributed by atoms with Gasteiger partial charge in [-0.1, -0.05) is 12.1 Å². The number of nitrogens with zero attached hydrogens (tertiary/aromatic N) is 5. The Kier molecular flexibility index (Phi) is 5.19. The number of nitrogens with one attached hydrogen (secondary N) is 1. The Morgan fingerprint density at radius 2 is 2.07 bits per heavy atom. The van der Waals surface area contributed by atoms with Gasteiger partial charge in [-0.2, -0.15) is 0 Å². The number of nitrogen functional groups attached to an aromatic ring is 1. The molecule has 1 aliphatic heterocycles. The van der Waals surface area contributed by atoms with Crippen LogP contribution in [0, 0.1) is 0 Å². The lowest BCUT2D eigenvalue weighted by Gasteiger charge is -2.34. The molecule has 9 nitrogen and oxygen atoms in total. The lowest BCUT2D eigenvalue weighted by Crippen LogP contribution is -2.47. The molecule has 1 aromatic carbocycles. The fourth-order valence-corrected chi connectivity index (χ4v) is 3.63. The van der Waals surface area contributed by atoms with E-state index in [0.29, 0.717) is 30.7 Å². The number of benzene rings is 1. The van der Waals surface area contributed by atoms with Crippen LogP contribution in [-0.4, -0.2) is 55.2 Å². The SMILES string of the molecule is CC(C)(C)OC(=O)N1CCC[C@H](Nc2cc(-n3c(N)nc4ccccc43)ncn2)C1. The van der Waals surface area contributed by atoms with Crippen LogP contribution >= 0.6 is 0 Å². The molecule has 1 atom stereocenters. The van der Waals surface area contributed by atoms with Crippen LogP contribution in [0.5, 0.6) is 0 Å². The van der Waals surface area contributed by atoms with E-state index in [1.165, 1.54) is 6.33 Å². The molecule has 158 valence electrons. The molecule has 9 heteroatoms. The number of nitrogens with two attached hydrogens (primary N) is 1. The highest BCUT2D eigenvalue weighted by Crippen LogP contribution is 2.23. The molecule has 30 heavy (non-hydrogen) atoms. The van der Waals surface area contributed by atoms with E-state index in [2.05, 4.69) is 20.3 Å². The summed E-state index contributed by atoms with van der Waals surface area (Å²) >= 11 is 0. The Morgan fingerprint density at radius 3 is 2.87 bits per heavy atom. The summed E-state index contributed by atoms with van der Waals surface area (Å²) in [6, 6.07) is 9.64. The van der Waals surface area contributed by atoms with Gasteiger partial charge in [-0.3, -0.25) is 4.57 Å². The van der Waals surface area contributed by atoms with Gasteiger partial charge in [-0.05, 0) is 45.7 Å². The predicted octanol–water partition coefficient (Wildman–Crippen LogP) is 3.21. The number of piperidine rings is 1. The zero-order valence-electron chi connectivity index (χ0n) is 17.5. The lowest BCUT2D eigenvalue weighted by atomic mass is 10.1. The molecule has 0 bridgehead atoms. The third kappa shape index (κ3) is 4.29. The minimum Gasteiger partial charge on any atom is -0.444 e. The highest BCUT2D eigenvalue weighted by atomic mass is 16.6. The Morgan fingerprint density at radius 1 is 1.27 bits per heavy atom. The molecule has 1 saturated heterocycles. The van der Waals surface area contributed by atoms with Crippen LogP contribution in [0.4, 0.5) is 16.6 Å². The minimum atomic E-state index is -0.507. The fraction of sp³-hybridized carbons (Fsp3) is 0.429. The minimum absolute atomic E-state index is 0.0749. The third-order valence-corrected chi connectivity index (χ3v) is 4.89. The largest absolute Gasteiger partial charge is 0.444 e. The molecule has 0 unspecified atom stereocenters. The summed E-state index contributed by atoms with van der Waals surface area (Å²) in [6.45, 7) is 6.87. The van der Waals surface area contributed by atoms with Gasteiger partial charge in [0.2, 0.25) is 5.95 Å². The number of ether oxygens (including phenoxy) is 1. The van der Waals surface area contributed by atoms with Crippen molar-refractivity contribution in [3.63, 3.8) is 0 Å². The molecule has 0 radical (unpaired) electrons. The molecular formula is C21H27N7O2. The Bertz CT molecular complexity index is 1060. The second-order valence-corrected chi connectivity index (χ2v) is 8.47. The van der Waals surface area contributed by atoms with E-state index in [1.54, 1.807) is 9.47 Å². The van der Waals surface area contributed by atoms with E-state index in [1.807, 2.05) is 51.1 Å². The number of rotatable bonds is 3. The van der Waals surface area contributed by atoms with Gasteiger partial charge in [0.25, 0.3) is 0 Å². The predicted molar refractivity (Wildman–Crippen MR) is 116 cm³/mol. The Hall–Kier alpha value is -3.36. The topological polar surface area (TPSA) is 111 Å². The van der Waals surface area contributed by atoms with Crippen LogP contribution in [0.2, 0.25) is 0 Å². The number of imidazole rings is 1. The standard InChI is InChI=1S/C21H27N7O2/c1-21(2,3)30-20(29)27-10-6-7-14(12-27)25-17-11-18(24-13-23-17)28-16-9-5-4-8-15(16)26-19(28)22/h4-5,8-9,11,13-14H,6-7,10,12H2,1-3H3,(H2,22,26)(H,23,24,25)/t14-/m0/s1. The molecule has 2 aromatic heterocycles. The first-order chi connectivity index (χ1) is 14.3. The Balaban J connectivity index is 1.51. The van der Waals surface area contributed by atoms with Crippen molar-refractivity contribution < 1.29 is 9.53 Å². The quantitative estimate of drug-likeness (QED) is 0.683. The molecule has 1 aliphatic rings. The molecule has 3 aromatic rings. The van der Waals surface area contributed by atoms with Gasteiger partial charge in [0.1, 0.15) is 23.6 Å². The lowest BCUT2D eigenvalue weighted by molar-refractivity contribution is 0.0206. The number of amides is 1. The van der Waals surface area contributed by atoms with Crippen molar-refractivity contribution >= 4 is 28.9 Å². The van der Waals surface area contributed by atoms with Gasteiger partial charge in [-0.25, -0.2) is 19.7 Å². The smallest absolute Gasteiger partial charge is 0.410 e. The monoisotopic (exact) mass is 409 g/mol. The van der Waals surface area contributed by atoms with Crippen molar-refractivity contribution in [1.29, 1.82) is 0 Å². The number of hydrogen-bond donors (Lipinski definition) is 2. The van der Waals surface area contributed by atoms with E-state index >= 15 is 0 Å². The number of hydrogen-bond acceptors (Lipinski definition) is 7. The summed E-state index contributed by atoms with van der Waals surface area (Å²) in [4.78, 5) is 27.3. The third-order valence-electron chi connectivity index (χ3n) is 4.89. The zero-order valence-corrected chi connectivity index (χ0v) is 17.5. The average molecular weight is 409 g/mol. The molecule has 1 amide bonds. The number of aromatic nitrogens is 4. The first kappa shape index (κ1) is 19.9. The maximum atomic E-state index is 12.4. The van der Waals surface area contributed by atoms with Crippen LogP contribution in [-0.2, 0) is 4.74 Å². The summed E-state index contributed by atoms with van der Waals surface area (Å²) in [7, 11) is 0. The van der Waals surface area contributed by atoms with Crippen molar-refractivity contribution in [3.8, 4) is 5.82 Å². The summed E-state index contributed by atoms with van der Waals surface area (Å²) in [5.74, 6) is 1.68. The summed E-state index contributed by atoms with van der Waals surface area (Å²) in [5, 5.41) is 3.42. The summed E-state index contributed by atoms with van der Waals surface area (Å²) in [6.07, 6.45) is 3.05. The van der Waals surface area contributed by atoms with Crippen molar-refractivity contribution in [2.75, 3.05) is 24.1 Å². The van der Waals surface area contributed by atoms with Gasteiger partial charge in [-0.15, -0.1) is 0 Å². The van der Waals surface area contributed by atoms with Crippen LogP contribution < -0.4 is 11.1 Å². The van der Waals surface area contributed by atoms with Crippen LogP contribution in [0.1, 0.15) is 33.6 Å².